The number of carbonyl (C=O) groups excluding carboxylic acids is 1. The lowest BCUT2D eigenvalue weighted by atomic mass is 10.2. The number of nitrogens with one attached hydrogen (secondary N) is 1. The highest BCUT2D eigenvalue weighted by Crippen LogP contribution is 2.29. The van der Waals surface area contributed by atoms with Gasteiger partial charge in [-0.25, -0.2) is 8.42 Å². The molecule has 5 nitrogen and oxygen atoms in total. The second-order valence-corrected chi connectivity index (χ2v) is 7.20. The monoisotopic (exact) mass is 338 g/mol. The summed E-state index contributed by atoms with van der Waals surface area (Å²) in [6.07, 6.45) is 0. The maximum absolute atomic E-state index is 12.7. The predicted octanol–water partition coefficient (Wildman–Crippen LogP) is 3.02. The van der Waals surface area contributed by atoms with E-state index in [1.54, 1.807) is 13.0 Å². The number of rotatable bonds is 3. The SMILES string of the molecule is CC(=O)Nc1cc(S(=O)(=O)c2ccc(Cl)cc2C)ccc1N. The van der Waals surface area contributed by atoms with Crippen LogP contribution in [0, 0.1) is 6.92 Å². The molecule has 0 bridgehead atoms. The van der Waals surface area contributed by atoms with Crippen molar-refractivity contribution in [1.29, 1.82) is 0 Å². The number of carbonyl (C=O) groups is 1. The molecule has 0 atom stereocenters. The Morgan fingerprint density at radius 3 is 2.45 bits per heavy atom. The third kappa shape index (κ3) is 3.23. The molecule has 0 radical (unpaired) electrons. The van der Waals surface area contributed by atoms with Gasteiger partial charge in [-0.1, -0.05) is 11.6 Å². The summed E-state index contributed by atoms with van der Waals surface area (Å²) in [5, 5.41) is 2.98. The van der Waals surface area contributed by atoms with E-state index in [0.717, 1.165) is 0 Å². The number of hydrogen-bond donors (Lipinski definition) is 2. The van der Waals surface area contributed by atoms with Gasteiger partial charge in [-0.2, -0.15) is 0 Å². The van der Waals surface area contributed by atoms with E-state index < -0.39 is 9.84 Å². The second-order valence-electron chi connectivity index (χ2n) is 4.84. The Bertz CT molecular complexity index is 848. The fourth-order valence-corrected chi connectivity index (χ4v) is 3.77. The zero-order valence-corrected chi connectivity index (χ0v) is 13.6. The largest absolute Gasteiger partial charge is 0.397 e. The molecule has 1 amide bonds. The predicted molar refractivity (Wildman–Crippen MR) is 86.8 cm³/mol. The van der Waals surface area contributed by atoms with Crippen molar-refractivity contribution in [1.82, 2.24) is 0 Å². The van der Waals surface area contributed by atoms with E-state index in [9.17, 15) is 13.2 Å². The zero-order chi connectivity index (χ0) is 16.5. The van der Waals surface area contributed by atoms with E-state index in [4.69, 9.17) is 17.3 Å². The van der Waals surface area contributed by atoms with Crippen LogP contribution in [0.15, 0.2) is 46.2 Å². The van der Waals surface area contributed by atoms with Crippen LogP contribution in [0.4, 0.5) is 11.4 Å². The molecule has 0 saturated heterocycles. The first-order valence-electron chi connectivity index (χ1n) is 6.40. The van der Waals surface area contributed by atoms with Crippen LogP contribution in [-0.2, 0) is 14.6 Å². The average Bonchev–Trinajstić information content (AvgIpc) is 2.40. The Balaban J connectivity index is 2.56. The number of nitrogens with two attached hydrogens (primary N) is 1. The van der Waals surface area contributed by atoms with Gasteiger partial charge in [-0.3, -0.25) is 4.79 Å². The van der Waals surface area contributed by atoms with E-state index in [-0.39, 0.29) is 21.4 Å². The lowest BCUT2D eigenvalue weighted by molar-refractivity contribution is -0.114. The summed E-state index contributed by atoms with van der Waals surface area (Å²) < 4.78 is 25.4. The molecule has 2 aromatic carbocycles. The highest BCUT2D eigenvalue weighted by atomic mass is 35.5. The summed E-state index contributed by atoms with van der Waals surface area (Å²) in [6.45, 7) is 2.99. The normalized spacial score (nSPS) is 11.2. The molecule has 0 unspecified atom stereocenters. The van der Waals surface area contributed by atoms with Crippen molar-refractivity contribution >= 4 is 38.7 Å². The summed E-state index contributed by atoms with van der Waals surface area (Å²) >= 11 is 5.86. The van der Waals surface area contributed by atoms with Gasteiger partial charge in [0.25, 0.3) is 0 Å². The van der Waals surface area contributed by atoms with Gasteiger partial charge >= 0.3 is 0 Å². The van der Waals surface area contributed by atoms with E-state index in [1.807, 2.05) is 0 Å². The summed E-state index contributed by atoms with van der Waals surface area (Å²) in [6, 6.07) is 8.77. The van der Waals surface area contributed by atoms with E-state index in [0.29, 0.717) is 16.3 Å². The van der Waals surface area contributed by atoms with Crippen molar-refractivity contribution < 1.29 is 13.2 Å². The molecule has 0 fully saturated rings. The third-order valence-electron chi connectivity index (χ3n) is 3.07. The zero-order valence-electron chi connectivity index (χ0n) is 12.1. The van der Waals surface area contributed by atoms with Gasteiger partial charge in [0, 0.05) is 11.9 Å². The van der Waals surface area contributed by atoms with Gasteiger partial charge in [0.05, 0.1) is 21.2 Å². The Hall–Kier alpha value is -2.05. The summed E-state index contributed by atoms with van der Waals surface area (Å²) in [5.74, 6) is -0.330. The maximum Gasteiger partial charge on any atom is 0.221 e. The first kappa shape index (κ1) is 16.3. The van der Waals surface area contributed by atoms with Crippen LogP contribution < -0.4 is 11.1 Å². The topological polar surface area (TPSA) is 89.3 Å². The van der Waals surface area contributed by atoms with Gasteiger partial charge in [-0.05, 0) is 48.9 Å². The summed E-state index contributed by atoms with van der Waals surface area (Å²) in [5.41, 5.74) is 6.85. The Morgan fingerprint density at radius 2 is 1.86 bits per heavy atom. The molecular formula is C15H15ClN2O3S. The van der Waals surface area contributed by atoms with Crippen LogP contribution in [0.25, 0.3) is 0 Å². The maximum atomic E-state index is 12.7. The molecule has 0 spiro atoms. The lowest BCUT2D eigenvalue weighted by Gasteiger charge is -2.11. The molecule has 0 aromatic heterocycles. The smallest absolute Gasteiger partial charge is 0.221 e. The van der Waals surface area contributed by atoms with Crippen molar-refractivity contribution in [2.75, 3.05) is 11.1 Å². The number of aryl methyl sites for hydroxylation is 1. The summed E-state index contributed by atoms with van der Waals surface area (Å²) in [4.78, 5) is 11.4. The standard InChI is InChI=1S/C15H15ClN2O3S/c1-9-7-11(16)3-6-15(9)22(20,21)12-4-5-13(17)14(8-12)18-10(2)19/h3-8H,17H2,1-2H3,(H,18,19). The molecule has 0 aliphatic rings. The number of sulfone groups is 1. The molecule has 2 rings (SSSR count). The molecule has 3 N–H and O–H groups in total. The van der Waals surface area contributed by atoms with Crippen LogP contribution in [0.5, 0.6) is 0 Å². The van der Waals surface area contributed by atoms with Crippen LogP contribution in [0.3, 0.4) is 0 Å². The fraction of sp³-hybridized carbons (Fsp3) is 0.133. The van der Waals surface area contributed by atoms with Gasteiger partial charge < -0.3 is 11.1 Å². The number of halogens is 1. The van der Waals surface area contributed by atoms with E-state index in [2.05, 4.69) is 5.32 Å². The highest BCUT2D eigenvalue weighted by Gasteiger charge is 2.21. The molecule has 22 heavy (non-hydrogen) atoms. The molecule has 2 aromatic rings. The number of amides is 1. The first-order valence-corrected chi connectivity index (χ1v) is 8.26. The van der Waals surface area contributed by atoms with Crippen molar-refractivity contribution in [2.45, 2.75) is 23.6 Å². The van der Waals surface area contributed by atoms with E-state index >= 15 is 0 Å². The fourth-order valence-electron chi connectivity index (χ4n) is 2.04. The molecule has 0 aliphatic heterocycles. The molecule has 0 saturated carbocycles. The Morgan fingerprint density at radius 1 is 1.18 bits per heavy atom. The molecule has 7 heteroatoms. The minimum atomic E-state index is -3.73. The summed E-state index contributed by atoms with van der Waals surface area (Å²) in [7, 11) is -3.73. The first-order chi connectivity index (χ1) is 10.2. The number of benzene rings is 2. The van der Waals surface area contributed by atoms with Crippen LogP contribution in [0.1, 0.15) is 12.5 Å². The number of nitrogen functional groups attached to an aromatic ring is 1. The minimum absolute atomic E-state index is 0.0517. The van der Waals surface area contributed by atoms with Crippen molar-refractivity contribution in [3.8, 4) is 0 Å². The van der Waals surface area contributed by atoms with Gasteiger partial charge in [-0.15, -0.1) is 0 Å². The number of hydrogen-bond acceptors (Lipinski definition) is 4. The minimum Gasteiger partial charge on any atom is -0.397 e. The molecule has 116 valence electrons. The quantitative estimate of drug-likeness (QED) is 0.842. The van der Waals surface area contributed by atoms with Crippen LogP contribution in [-0.4, -0.2) is 14.3 Å². The average molecular weight is 339 g/mol. The Kier molecular flexibility index (Phi) is 4.44. The highest BCUT2D eigenvalue weighted by molar-refractivity contribution is 7.91. The van der Waals surface area contributed by atoms with Crippen molar-refractivity contribution in [3.63, 3.8) is 0 Å². The lowest BCUT2D eigenvalue weighted by Crippen LogP contribution is -2.10. The van der Waals surface area contributed by atoms with Gasteiger partial charge in [0.15, 0.2) is 0 Å². The van der Waals surface area contributed by atoms with Crippen LogP contribution >= 0.6 is 11.6 Å². The van der Waals surface area contributed by atoms with Gasteiger partial charge in [0.1, 0.15) is 0 Å². The third-order valence-corrected chi connectivity index (χ3v) is 5.22. The van der Waals surface area contributed by atoms with Crippen LogP contribution in [0.2, 0.25) is 5.02 Å². The van der Waals surface area contributed by atoms with Gasteiger partial charge in [0.2, 0.25) is 15.7 Å². The Labute approximate surface area is 134 Å². The molecule has 0 aliphatic carbocycles. The number of anilines is 2. The second kappa shape index (κ2) is 5.98. The van der Waals surface area contributed by atoms with Crippen molar-refractivity contribution in [3.05, 3.63) is 47.0 Å². The molecular weight excluding hydrogens is 324 g/mol. The van der Waals surface area contributed by atoms with E-state index in [1.165, 1.54) is 37.3 Å². The van der Waals surface area contributed by atoms with Crippen molar-refractivity contribution in [2.24, 2.45) is 0 Å². The molecule has 0 heterocycles.